The summed E-state index contributed by atoms with van der Waals surface area (Å²) in [5.41, 5.74) is 5.40. The van der Waals surface area contributed by atoms with Gasteiger partial charge in [0.05, 0.1) is 11.4 Å². The van der Waals surface area contributed by atoms with E-state index in [-0.39, 0.29) is 52.4 Å². The molecule has 1 fully saturated rings. The molecule has 5 aromatic rings. The minimum absolute atomic E-state index is 0.0194. The molecule has 7 rings (SSSR count). The van der Waals surface area contributed by atoms with Crippen molar-refractivity contribution in [2.24, 2.45) is 0 Å². The standard InChI is InChI=1S/C49H53BrF2N8O7/c1-30-15-16-33(25-41(30)60-31(2)24-42(45(50)49(60)66)67-29-34-17-18-35(51)26-39(34)52)46(63)54-22-7-5-12-36-27-58(57-56-36)23-9-14-43(61)53-21-6-3-4-10-32-11-8-13-37-38(32)28-59(48(37)65)40-19-20-44(62)55-47(40)64/h8,11,13,15-18,24-27,40H,3-7,9-10,12,14,19-23,28-29H2,1-2H3,(H,53,61)(H,54,63)(H,55,62,64). The number of piperidine rings is 1. The van der Waals surface area contributed by atoms with Gasteiger partial charge >= 0.3 is 0 Å². The molecule has 0 spiro atoms. The highest BCUT2D eigenvalue weighted by atomic mass is 79.9. The average molecular weight is 984 g/mol. The second kappa shape index (κ2) is 22.3. The molecule has 4 heterocycles. The van der Waals surface area contributed by atoms with Crippen LogP contribution in [0.25, 0.3) is 5.69 Å². The summed E-state index contributed by atoms with van der Waals surface area (Å²) in [5.74, 6) is -2.44. The first kappa shape index (κ1) is 48.4. The number of carbonyl (C=O) groups is 5. The Bertz CT molecular complexity index is 2740. The van der Waals surface area contributed by atoms with Crippen LogP contribution in [0.4, 0.5) is 8.78 Å². The number of hydrogen-bond donors (Lipinski definition) is 3. The maximum Gasteiger partial charge on any atom is 0.273 e. The van der Waals surface area contributed by atoms with Crippen molar-refractivity contribution in [2.75, 3.05) is 13.1 Å². The summed E-state index contributed by atoms with van der Waals surface area (Å²) in [7, 11) is 0. The number of nitrogens with one attached hydrogen (secondary N) is 3. The summed E-state index contributed by atoms with van der Waals surface area (Å²) in [6, 6.07) is 15.0. The Morgan fingerprint density at radius 2 is 1.69 bits per heavy atom. The number of pyridine rings is 1. The van der Waals surface area contributed by atoms with E-state index in [1.807, 2.05) is 25.3 Å². The van der Waals surface area contributed by atoms with E-state index in [9.17, 15) is 37.5 Å². The quantitative estimate of drug-likeness (QED) is 0.0546. The number of carbonyl (C=O) groups excluding carboxylic acids is 5. The average Bonchev–Trinajstić information content (AvgIpc) is 3.90. The van der Waals surface area contributed by atoms with Gasteiger partial charge in [0, 0.05) is 79.7 Å². The third kappa shape index (κ3) is 12.1. The Labute approximate surface area is 394 Å². The van der Waals surface area contributed by atoms with Gasteiger partial charge in [0.2, 0.25) is 17.7 Å². The van der Waals surface area contributed by atoms with E-state index in [4.69, 9.17) is 4.74 Å². The monoisotopic (exact) mass is 982 g/mol. The lowest BCUT2D eigenvalue weighted by molar-refractivity contribution is -0.137. The van der Waals surface area contributed by atoms with E-state index in [1.54, 1.807) is 46.8 Å². The van der Waals surface area contributed by atoms with E-state index in [1.165, 1.54) is 10.6 Å². The Hall–Kier alpha value is -6.56. The molecule has 5 amide bonds. The third-order valence-electron chi connectivity index (χ3n) is 12.1. The Balaban J connectivity index is 0.767. The van der Waals surface area contributed by atoms with Crippen LogP contribution in [-0.4, -0.2) is 73.1 Å². The van der Waals surface area contributed by atoms with Crippen LogP contribution in [0.2, 0.25) is 0 Å². The highest BCUT2D eigenvalue weighted by Crippen LogP contribution is 2.31. The van der Waals surface area contributed by atoms with Crippen molar-refractivity contribution >= 4 is 45.5 Å². The third-order valence-corrected chi connectivity index (χ3v) is 12.8. The molecule has 0 bridgehead atoms. The van der Waals surface area contributed by atoms with Crippen molar-refractivity contribution in [3.05, 3.63) is 138 Å². The van der Waals surface area contributed by atoms with Crippen LogP contribution >= 0.6 is 15.9 Å². The number of fused-ring (bicyclic) bond motifs is 1. The molecule has 2 aliphatic rings. The molecule has 0 aliphatic carbocycles. The van der Waals surface area contributed by atoms with Crippen molar-refractivity contribution in [1.82, 2.24) is 40.4 Å². The van der Waals surface area contributed by atoms with Gasteiger partial charge in [-0.2, -0.15) is 0 Å². The zero-order valence-electron chi connectivity index (χ0n) is 37.5. The van der Waals surface area contributed by atoms with Crippen LogP contribution in [0, 0.1) is 25.5 Å². The first-order valence-electron chi connectivity index (χ1n) is 22.6. The van der Waals surface area contributed by atoms with Gasteiger partial charge in [-0.1, -0.05) is 29.8 Å². The van der Waals surface area contributed by atoms with Crippen molar-refractivity contribution < 1.29 is 37.5 Å². The van der Waals surface area contributed by atoms with E-state index in [0.29, 0.717) is 80.8 Å². The first-order valence-corrected chi connectivity index (χ1v) is 23.4. The molecule has 2 aromatic heterocycles. The molecular formula is C49H53BrF2N8O7. The summed E-state index contributed by atoms with van der Waals surface area (Å²) in [4.78, 5) is 77.9. The fourth-order valence-corrected chi connectivity index (χ4v) is 8.79. The second-order valence-corrected chi connectivity index (χ2v) is 17.7. The van der Waals surface area contributed by atoms with E-state index in [2.05, 4.69) is 42.2 Å². The molecule has 352 valence electrons. The molecular weight excluding hydrogens is 930 g/mol. The number of amides is 5. The molecule has 15 nitrogen and oxygen atoms in total. The Kier molecular flexibility index (Phi) is 16.1. The Morgan fingerprint density at radius 1 is 0.896 bits per heavy atom. The van der Waals surface area contributed by atoms with Crippen LogP contribution < -0.4 is 26.2 Å². The molecule has 1 unspecified atom stereocenters. The smallest absolute Gasteiger partial charge is 0.273 e. The lowest BCUT2D eigenvalue weighted by Gasteiger charge is -2.29. The molecule has 2 aliphatic heterocycles. The zero-order valence-corrected chi connectivity index (χ0v) is 39.1. The summed E-state index contributed by atoms with van der Waals surface area (Å²) in [5, 5.41) is 16.8. The van der Waals surface area contributed by atoms with Gasteiger partial charge in [0.25, 0.3) is 17.4 Å². The molecule has 0 radical (unpaired) electrons. The zero-order chi connectivity index (χ0) is 47.6. The minimum atomic E-state index is -0.749. The molecule has 3 aromatic carbocycles. The number of aryl methyl sites for hydroxylation is 5. The second-order valence-electron chi connectivity index (χ2n) is 16.9. The van der Waals surface area contributed by atoms with Gasteiger partial charge < -0.3 is 20.3 Å². The predicted molar refractivity (Wildman–Crippen MR) is 247 cm³/mol. The number of rotatable bonds is 21. The lowest BCUT2D eigenvalue weighted by atomic mass is 9.98. The number of ether oxygens (including phenoxy) is 1. The van der Waals surface area contributed by atoms with Gasteiger partial charge in [-0.25, -0.2) is 8.78 Å². The molecule has 18 heteroatoms. The van der Waals surface area contributed by atoms with Crippen LogP contribution in [-0.2, 0) is 46.9 Å². The largest absolute Gasteiger partial charge is 0.487 e. The van der Waals surface area contributed by atoms with Gasteiger partial charge in [0.1, 0.15) is 34.5 Å². The van der Waals surface area contributed by atoms with Crippen LogP contribution in [0.3, 0.4) is 0 Å². The summed E-state index contributed by atoms with van der Waals surface area (Å²) in [6.45, 7) is 5.28. The summed E-state index contributed by atoms with van der Waals surface area (Å²) >= 11 is 3.32. The van der Waals surface area contributed by atoms with Crippen LogP contribution in [0.5, 0.6) is 5.75 Å². The fourth-order valence-electron chi connectivity index (χ4n) is 8.39. The molecule has 1 atom stereocenters. The maximum atomic E-state index is 14.2. The number of aromatic nitrogens is 4. The van der Waals surface area contributed by atoms with Gasteiger partial charge in [0.15, 0.2) is 0 Å². The predicted octanol–water partition coefficient (Wildman–Crippen LogP) is 6.49. The van der Waals surface area contributed by atoms with E-state index >= 15 is 0 Å². The highest BCUT2D eigenvalue weighted by molar-refractivity contribution is 9.10. The van der Waals surface area contributed by atoms with Crippen molar-refractivity contribution in [3.8, 4) is 11.4 Å². The number of benzene rings is 3. The maximum absolute atomic E-state index is 14.2. The molecule has 0 saturated carbocycles. The van der Waals surface area contributed by atoms with Gasteiger partial charge in [-0.05, 0) is 128 Å². The number of hydrogen-bond acceptors (Lipinski definition) is 9. The minimum Gasteiger partial charge on any atom is -0.487 e. The number of nitrogens with zero attached hydrogens (tertiary/aromatic N) is 5. The fraction of sp³-hybridized carbons (Fsp3) is 0.388. The number of unbranched alkanes of at least 4 members (excludes halogenated alkanes) is 3. The summed E-state index contributed by atoms with van der Waals surface area (Å²) < 4.78 is 36.5. The molecule has 67 heavy (non-hydrogen) atoms. The summed E-state index contributed by atoms with van der Waals surface area (Å²) in [6.07, 6.45) is 8.95. The molecule has 3 N–H and O–H groups in total. The number of imide groups is 1. The lowest BCUT2D eigenvalue weighted by Crippen LogP contribution is -2.52. The van der Waals surface area contributed by atoms with Gasteiger partial charge in [-0.15, -0.1) is 5.10 Å². The topological polar surface area (TPSA) is 187 Å². The normalized spacial score (nSPS) is 14.6. The number of halogens is 3. The highest BCUT2D eigenvalue weighted by Gasteiger charge is 2.39. The SMILES string of the molecule is Cc1ccc(C(=O)NCCCCc2cn(CCCC(=O)NCCCCCc3cccc4c3CN(C3CCC(=O)NC3=O)C4=O)nn2)cc1-n1c(C)cc(OCc2ccc(F)cc2F)c(Br)c1=O. The van der Waals surface area contributed by atoms with Gasteiger partial charge in [-0.3, -0.25) is 43.3 Å². The molecule has 1 saturated heterocycles. The Morgan fingerprint density at radius 3 is 2.49 bits per heavy atom. The van der Waals surface area contributed by atoms with Crippen molar-refractivity contribution in [1.29, 1.82) is 0 Å². The first-order chi connectivity index (χ1) is 32.3. The van der Waals surface area contributed by atoms with E-state index < -0.39 is 29.1 Å². The van der Waals surface area contributed by atoms with Crippen LogP contribution in [0.1, 0.15) is 112 Å². The van der Waals surface area contributed by atoms with Crippen molar-refractivity contribution in [2.45, 2.75) is 110 Å². The van der Waals surface area contributed by atoms with Crippen LogP contribution in [0.15, 0.2) is 76.1 Å². The van der Waals surface area contributed by atoms with E-state index in [0.717, 1.165) is 66.6 Å². The van der Waals surface area contributed by atoms with Crippen molar-refractivity contribution in [3.63, 3.8) is 0 Å².